The summed E-state index contributed by atoms with van der Waals surface area (Å²) < 4.78 is 0. The summed E-state index contributed by atoms with van der Waals surface area (Å²) in [5.74, 6) is -0.382. The second-order valence-electron chi connectivity index (χ2n) is 5.37. The number of likely N-dealkylation sites (N-methyl/N-ethyl adjacent to an activating group) is 1. The zero-order valence-electron chi connectivity index (χ0n) is 13.8. The first-order valence-electron chi connectivity index (χ1n) is 7.49. The minimum atomic E-state index is -0.208. The fourth-order valence-electron chi connectivity index (χ4n) is 2.33. The molecule has 2 amide bonds. The van der Waals surface area contributed by atoms with E-state index in [1.165, 1.54) is 16.2 Å². The number of nitrogens with zero attached hydrogens (tertiary/aromatic N) is 2. The molecule has 0 aliphatic heterocycles. The van der Waals surface area contributed by atoms with Crippen molar-refractivity contribution in [2.75, 3.05) is 18.9 Å². The number of rotatable bonds is 5. The number of carbonyl (C=O) groups excluding carboxylic acids is 2. The number of para-hydroxylation sites is 1. The molecule has 0 aliphatic rings. The molecule has 1 aromatic carbocycles. The van der Waals surface area contributed by atoms with Crippen LogP contribution in [0, 0.1) is 13.8 Å². The van der Waals surface area contributed by atoms with E-state index in [-0.39, 0.29) is 18.4 Å². The summed E-state index contributed by atoms with van der Waals surface area (Å²) in [6.45, 7) is 5.72. The minimum Gasteiger partial charge on any atom is -0.332 e. The number of amides is 2. The second kappa shape index (κ2) is 7.37. The molecule has 1 aromatic heterocycles. The summed E-state index contributed by atoms with van der Waals surface area (Å²) in [6, 6.07) is 7.68. The summed E-state index contributed by atoms with van der Waals surface area (Å²) in [6.07, 6.45) is 0.838. The summed E-state index contributed by atoms with van der Waals surface area (Å²) in [7, 11) is 1.63. The minimum absolute atomic E-state index is 0.00721. The van der Waals surface area contributed by atoms with Crippen molar-refractivity contribution in [3.63, 3.8) is 0 Å². The lowest BCUT2D eigenvalue weighted by atomic mass is 10.1. The van der Waals surface area contributed by atoms with Crippen molar-refractivity contribution in [1.29, 1.82) is 0 Å². The Hall–Kier alpha value is -2.21. The predicted molar refractivity (Wildman–Crippen MR) is 93.0 cm³/mol. The number of nitrogens with one attached hydrogen (secondary N) is 1. The number of carbonyl (C=O) groups is 2. The van der Waals surface area contributed by atoms with Gasteiger partial charge in [-0.2, -0.15) is 0 Å². The summed E-state index contributed by atoms with van der Waals surface area (Å²) in [5, 5.41) is 3.72. The average molecular weight is 331 g/mol. The van der Waals surface area contributed by atoms with Crippen LogP contribution < -0.4 is 5.32 Å². The van der Waals surface area contributed by atoms with Gasteiger partial charge in [-0.1, -0.05) is 25.1 Å². The number of aromatic nitrogens is 1. The Bertz CT molecular complexity index is 724. The molecule has 0 radical (unpaired) electrons. The molecule has 1 N–H and O–H groups in total. The van der Waals surface area contributed by atoms with Gasteiger partial charge in [-0.05, 0) is 31.9 Å². The molecule has 122 valence electrons. The van der Waals surface area contributed by atoms with Gasteiger partial charge in [-0.25, -0.2) is 4.98 Å². The van der Waals surface area contributed by atoms with Crippen LogP contribution in [0.2, 0.25) is 0 Å². The topological polar surface area (TPSA) is 62.3 Å². The van der Waals surface area contributed by atoms with Crippen LogP contribution in [0.3, 0.4) is 0 Å². The molecular formula is C17H21N3O2S. The van der Waals surface area contributed by atoms with Crippen LogP contribution in [-0.4, -0.2) is 35.3 Å². The lowest BCUT2D eigenvalue weighted by Crippen LogP contribution is -2.35. The summed E-state index contributed by atoms with van der Waals surface area (Å²) in [4.78, 5) is 30.9. The number of thiazole rings is 1. The van der Waals surface area contributed by atoms with Crippen LogP contribution in [0.5, 0.6) is 0 Å². The number of hydrogen-bond donors (Lipinski definition) is 1. The van der Waals surface area contributed by atoms with Gasteiger partial charge >= 0.3 is 0 Å². The Balaban J connectivity index is 2.02. The lowest BCUT2D eigenvalue weighted by molar-refractivity contribution is -0.116. The summed E-state index contributed by atoms with van der Waals surface area (Å²) >= 11 is 1.35. The first kappa shape index (κ1) is 17.1. The number of aryl methyl sites for hydroxylation is 3. The van der Waals surface area contributed by atoms with E-state index in [2.05, 4.69) is 10.3 Å². The van der Waals surface area contributed by atoms with Gasteiger partial charge < -0.3 is 10.2 Å². The van der Waals surface area contributed by atoms with E-state index in [1.54, 1.807) is 7.05 Å². The van der Waals surface area contributed by atoms with E-state index < -0.39 is 0 Å². The van der Waals surface area contributed by atoms with Gasteiger partial charge in [0.2, 0.25) is 5.91 Å². The van der Waals surface area contributed by atoms with Crippen LogP contribution in [0.15, 0.2) is 24.3 Å². The fourth-order valence-corrected chi connectivity index (χ4v) is 3.25. The number of benzene rings is 1. The first-order valence-corrected chi connectivity index (χ1v) is 8.31. The number of hydrogen-bond acceptors (Lipinski definition) is 4. The Morgan fingerprint density at radius 1 is 1.26 bits per heavy atom. The maximum atomic E-state index is 12.4. The molecule has 6 heteroatoms. The van der Waals surface area contributed by atoms with Gasteiger partial charge in [0.25, 0.3) is 5.91 Å². The average Bonchev–Trinajstić information content (AvgIpc) is 2.85. The lowest BCUT2D eigenvalue weighted by Gasteiger charge is -2.17. The van der Waals surface area contributed by atoms with Crippen LogP contribution >= 0.6 is 11.3 Å². The van der Waals surface area contributed by atoms with Crippen LogP contribution in [0.1, 0.15) is 32.9 Å². The van der Waals surface area contributed by atoms with Gasteiger partial charge in [0.15, 0.2) is 0 Å². The normalized spacial score (nSPS) is 10.4. The Morgan fingerprint density at radius 3 is 2.57 bits per heavy atom. The maximum absolute atomic E-state index is 12.4. The quantitative estimate of drug-likeness (QED) is 0.916. The second-order valence-corrected chi connectivity index (χ2v) is 6.57. The van der Waals surface area contributed by atoms with Crippen molar-refractivity contribution < 1.29 is 9.59 Å². The molecule has 0 saturated heterocycles. The molecule has 0 aliphatic carbocycles. The number of anilines is 1. The molecule has 0 atom stereocenters. The van der Waals surface area contributed by atoms with Gasteiger partial charge in [0, 0.05) is 12.7 Å². The van der Waals surface area contributed by atoms with Crippen molar-refractivity contribution in [2.45, 2.75) is 27.2 Å². The van der Waals surface area contributed by atoms with Crippen LogP contribution in [-0.2, 0) is 11.2 Å². The van der Waals surface area contributed by atoms with Gasteiger partial charge in [-0.3, -0.25) is 9.59 Å². The van der Waals surface area contributed by atoms with Crippen LogP contribution in [0.4, 0.5) is 5.69 Å². The van der Waals surface area contributed by atoms with Crippen molar-refractivity contribution in [3.05, 3.63) is 45.4 Å². The highest BCUT2D eigenvalue weighted by Crippen LogP contribution is 2.19. The smallest absolute Gasteiger partial charge is 0.266 e. The third-order valence-corrected chi connectivity index (χ3v) is 4.56. The highest BCUT2D eigenvalue weighted by atomic mass is 32.1. The zero-order chi connectivity index (χ0) is 17.0. The zero-order valence-corrected chi connectivity index (χ0v) is 14.7. The highest BCUT2D eigenvalue weighted by Gasteiger charge is 2.20. The highest BCUT2D eigenvalue weighted by molar-refractivity contribution is 7.13. The fraction of sp³-hybridized carbons (Fsp3) is 0.353. The molecule has 0 bridgehead atoms. The van der Waals surface area contributed by atoms with Gasteiger partial charge in [-0.15, -0.1) is 11.3 Å². The first-order chi connectivity index (χ1) is 10.9. The Labute approximate surface area is 140 Å². The molecule has 23 heavy (non-hydrogen) atoms. The Kier molecular flexibility index (Phi) is 5.50. The molecule has 2 rings (SSSR count). The summed E-state index contributed by atoms with van der Waals surface area (Å²) in [5.41, 5.74) is 2.58. The van der Waals surface area contributed by atoms with Crippen molar-refractivity contribution in [2.24, 2.45) is 0 Å². The van der Waals surface area contributed by atoms with Gasteiger partial charge in [0.1, 0.15) is 4.88 Å². The molecular weight excluding hydrogens is 310 g/mol. The molecule has 0 unspecified atom stereocenters. The molecule has 0 saturated carbocycles. The van der Waals surface area contributed by atoms with E-state index >= 15 is 0 Å². The van der Waals surface area contributed by atoms with Crippen LogP contribution in [0.25, 0.3) is 0 Å². The van der Waals surface area contributed by atoms with Crippen molar-refractivity contribution >= 4 is 28.8 Å². The van der Waals surface area contributed by atoms with E-state index in [1.807, 2.05) is 45.0 Å². The maximum Gasteiger partial charge on any atom is 0.266 e. The molecule has 0 spiro atoms. The molecule has 1 heterocycles. The molecule has 5 nitrogen and oxygen atoms in total. The third kappa shape index (κ3) is 4.16. The van der Waals surface area contributed by atoms with Crippen molar-refractivity contribution in [3.8, 4) is 0 Å². The largest absolute Gasteiger partial charge is 0.332 e. The van der Waals surface area contributed by atoms with Gasteiger partial charge in [0.05, 0.1) is 17.2 Å². The standard InChI is InChI=1S/C17H21N3O2S/c1-5-13-8-6-7-9-14(13)19-15(21)10-20(4)17(22)16-11(2)18-12(3)23-16/h6-9H,5,10H2,1-4H3,(H,19,21). The Morgan fingerprint density at radius 2 is 1.96 bits per heavy atom. The van der Waals surface area contributed by atoms with Crippen molar-refractivity contribution in [1.82, 2.24) is 9.88 Å². The van der Waals surface area contributed by atoms with E-state index in [9.17, 15) is 9.59 Å². The van der Waals surface area contributed by atoms with E-state index in [0.717, 1.165) is 22.7 Å². The van der Waals surface area contributed by atoms with E-state index in [4.69, 9.17) is 0 Å². The SMILES string of the molecule is CCc1ccccc1NC(=O)CN(C)C(=O)c1sc(C)nc1C. The molecule has 2 aromatic rings. The molecule has 0 fully saturated rings. The third-order valence-electron chi connectivity index (χ3n) is 3.50. The van der Waals surface area contributed by atoms with E-state index in [0.29, 0.717) is 10.6 Å². The predicted octanol–water partition coefficient (Wildman–Crippen LogP) is 3.03. The monoisotopic (exact) mass is 331 g/mol.